The fourth-order valence-electron chi connectivity index (χ4n) is 3.05. The molecule has 5 atom stereocenters. The molecular formula is C22H35N5O7S. The summed E-state index contributed by atoms with van der Waals surface area (Å²) < 4.78 is 0. The molecule has 0 radical (unpaired) electrons. The second-order valence-electron chi connectivity index (χ2n) is 8.13. The number of phenolic OH excluding ortho intramolecular Hbond substituents is 1. The van der Waals surface area contributed by atoms with Crippen LogP contribution < -0.4 is 27.4 Å². The first-order valence-corrected chi connectivity index (χ1v) is 11.8. The number of aliphatic carboxylic acids is 1. The summed E-state index contributed by atoms with van der Waals surface area (Å²) in [4.78, 5) is 49.6. The fourth-order valence-corrected chi connectivity index (χ4v) is 3.31. The Hall–Kier alpha value is -2.87. The summed E-state index contributed by atoms with van der Waals surface area (Å²) in [5, 5.41) is 35.8. The molecule has 1 aromatic carbocycles. The van der Waals surface area contributed by atoms with Crippen LogP contribution in [0.25, 0.3) is 0 Å². The molecule has 3 amide bonds. The van der Waals surface area contributed by atoms with Gasteiger partial charge in [-0.05, 0) is 50.4 Å². The number of carboxylic acids is 1. The average molecular weight is 514 g/mol. The number of phenols is 1. The summed E-state index contributed by atoms with van der Waals surface area (Å²) >= 11 is 4.07. The summed E-state index contributed by atoms with van der Waals surface area (Å²) in [5.74, 6) is -3.61. The highest BCUT2D eigenvalue weighted by molar-refractivity contribution is 7.80. The zero-order valence-corrected chi connectivity index (χ0v) is 20.4. The van der Waals surface area contributed by atoms with E-state index in [2.05, 4.69) is 28.6 Å². The third-order valence-electron chi connectivity index (χ3n) is 5.21. The Morgan fingerprint density at radius 3 is 2.00 bits per heavy atom. The van der Waals surface area contributed by atoms with Gasteiger partial charge in [-0.3, -0.25) is 14.4 Å². The number of aliphatic hydroxyl groups excluding tert-OH is 1. The number of hydrogen-bond acceptors (Lipinski definition) is 9. The maximum atomic E-state index is 13.0. The van der Waals surface area contributed by atoms with Crippen LogP contribution in [0.1, 0.15) is 31.7 Å². The van der Waals surface area contributed by atoms with Crippen molar-refractivity contribution in [1.29, 1.82) is 0 Å². The molecular weight excluding hydrogens is 478 g/mol. The van der Waals surface area contributed by atoms with Crippen LogP contribution >= 0.6 is 12.6 Å². The van der Waals surface area contributed by atoms with Gasteiger partial charge in [0.05, 0.1) is 6.10 Å². The minimum Gasteiger partial charge on any atom is -0.508 e. The molecule has 0 fully saturated rings. The van der Waals surface area contributed by atoms with Crippen molar-refractivity contribution in [2.75, 3.05) is 12.3 Å². The molecule has 12 nitrogen and oxygen atoms in total. The molecule has 0 spiro atoms. The predicted octanol–water partition coefficient (Wildman–Crippen LogP) is -1.76. The van der Waals surface area contributed by atoms with Gasteiger partial charge in [0.1, 0.15) is 29.9 Å². The molecule has 196 valence electrons. The minimum absolute atomic E-state index is 0.0110. The number of rotatable bonds is 15. The topological polar surface area (TPSA) is 217 Å². The van der Waals surface area contributed by atoms with Gasteiger partial charge in [0, 0.05) is 12.2 Å². The van der Waals surface area contributed by atoms with Crippen molar-refractivity contribution >= 4 is 36.3 Å². The molecule has 0 heterocycles. The van der Waals surface area contributed by atoms with Gasteiger partial charge in [0.15, 0.2) is 0 Å². The lowest BCUT2D eigenvalue weighted by Gasteiger charge is -2.25. The Morgan fingerprint density at radius 2 is 1.49 bits per heavy atom. The molecule has 35 heavy (non-hydrogen) atoms. The van der Waals surface area contributed by atoms with Crippen molar-refractivity contribution in [2.24, 2.45) is 11.5 Å². The number of hydrogen-bond donors (Lipinski definition) is 9. The summed E-state index contributed by atoms with van der Waals surface area (Å²) in [5.41, 5.74) is 11.6. The zero-order chi connectivity index (χ0) is 26.5. The number of amides is 3. The molecule has 0 bridgehead atoms. The molecule has 0 saturated carbocycles. The molecule has 0 aliphatic rings. The number of nitrogens with two attached hydrogens (primary N) is 2. The number of aliphatic hydroxyl groups is 1. The first kappa shape index (κ1) is 30.2. The largest absolute Gasteiger partial charge is 0.508 e. The highest BCUT2D eigenvalue weighted by Crippen LogP contribution is 2.12. The summed E-state index contributed by atoms with van der Waals surface area (Å²) in [6, 6.07) is 1.09. The second-order valence-corrected chi connectivity index (χ2v) is 8.49. The van der Waals surface area contributed by atoms with Crippen LogP contribution in [0.3, 0.4) is 0 Å². The van der Waals surface area contributed by atoms with Gasteiger partial charge in [0.2, 0.25) is 17.7 Å². The van der Waals surface area contributed by atoms with Gasteiger partial charge in [-0.15, -0.1) is 0 Å². The maximum absolute atomic E-state index is 13.0. The molecule has 0 aliphatic heterocycles. The van der Waals surface area contributed by atoms with E-state index in [9.17, 15) is 34.5 Å². The van der Waals surface area contributed by atoms with Crippen LogP contribution in [-0.4, -0.2) is 81.6 Å². The van der Waals surface area contributed by atoms with E-state index in [-0.39, 0.29) is 24.3 Å². The van der Waals surface area contributed by atoms with Crippen LogP contribution in [0.4, 0.5) is 0 Å². The van der Waals surface area contributed by atoms with E-state index >= 15 is 0 Å². The number of thiol groups is 1. The standard InChI is InChI=1S/C22H35N5O7S/c1-12(28)18(24)21(32)27-17(11-35)20(31)26-16(10-13-5-7-14(29)8-6-13)19(30)25-15(22(33)34)4-2-3-9-23/h5-8,12,15-18,28-29,35H,2-4,9-11,23-24H2,1H3,(H,25,30)(H,26,31)(H,27,32)(H,33,34). The predicted molar refractivity (Wildman–Crippen MR) is 132 cm³/mol. The van der Waals surface area contributed by atoms with Crippen LogP contribution in [0.5, 0.6) is 5.75 Å². The Bertz CT molecular complexity index is 853. The molecule has 1 rings (SSSR count). The normalized spacial score (nSPS) is 15.2. The summed E-state index contributed by atoms with van der Waals surface area (Å²) in [7, 11) is 0. The monoisotopic (exact) mass is 513 g/mol. The van der Waals surface area contributed by atoms with E-state index in [0.717, 1.165) is 0 Å². The number of aromatic hydroxyl groups is 1. The fraction of sp³-hybridized carbons (Fsp3) is 0.545. The van der Waals surface area contributed by atoms with E-state index in [1.54, 1.807) is 12.1 Å². The van der Waals surface area contributed by atoms with Crippen LogP contribution in [0.2, 0.25) is 0 Å². The van der Waals surface area contributed by atoms with Crippen molar-refractivity contribution in [2.45, 2.75) is 62.9 Å². The highest BCUT2D eigenvalue weighted by Gasteiger charge is 2.30. The molecule has 13 heteroatoms. The van der Waals surface area contributed by atoms with Gasteiger partial charge in [0.25, 0.3) is 0 Å². The van der Waals surface area contributed by atoms with Gasteiger partial charge in [-0.25, -0.2) is 4.79 Å². The van der Waals surface area contributed by atoms with Crippen LogP contribution in [0.15, 0.2) is 24.3 Å². The number of carbonyl (C=O) groups excluding carboxylic acids is 3. The number of unbranched alkanes of at least 4 members (excludes halogenated alkanes) is 1. The Morgan fingerprint density at radius 1 is 0.943 bits per heavy atom. The molecule has 5 unspecified atom stereocenters. The summed E-state index contributed by atoms with van der Waals surface area (Å²) in [6.07, 6.45) is 0.0579. The van der Waals surface area contributed by atoms with E-state index in [1.165, 1.54) is 19.1 Å². The Kier molecular flexibility index (Phi) is 13.1. The van der Waals surface area contributed by atoms with Gasteiger partial charge in [-0.1, -0.05) is 12.1 Å². The molecule has 0 aromatic heterocycles. The first-order chi connectivity index (χ1) is 16.5. The van der Waals surface area contributed by atoms with Crippen molar-refractivity contribution < 1.29 is 34.5 Å². The van der Waals surface area contributed by atoms with Crippen molar-refractivity contribution in [3.63, 3.8) is 0 Å². The van der Waals surface area contributed by atoms with E-state index in [0.29, 0.717) is 24.9 Å². The lowest BCUT2D eigenvalue weighted by atomic mass is 10.0. The van der Waals surface area contributed by atoms with Crippen LogP contribution in [-0.2, 0) is 25.6 Å². The smallest absolute Gasteiger partial charge is 0.326 e. The van der Waals surface area contributed by atoms with E-state index < -0.39 is 54.0 Å². The van der Waals surface area contributed by atoms with Crippen LogP contribution in [0, 0.1) is 0 Å². The van der Waals surface area contributed by atoms with Crippen molar-refractivity contribution in [3.05, 3.63) is 29.8 Å². The summed E-state index contributed by atoms with van der Waals surface area (Å²) in [6.45, 7) is 1.71. The number of carbonyl (C=O) groups is 4. The van der Waals surface area contributed by atoms with Gasteiger partial charge < -0.3 is 42.7 Å². The SMILES string of the molecule is CC(O)C(N)C(=O)NC(CS)C(=O)NC(Cc1ccc(O)cc1)C(=O)NC(CCCCN)C(=O)O. The lowest BCUT2D eigenvalue weighted by Crippen LogP contribution is -2.59. The zero-order valence-electron chi connectivity index (χ0n) is 19.5. The van der Waals surface area contributed by atoms with Crippen molar-refractivity contribution in [1.82, 2.24) is 16.0 Å². The molecule has 0 aliphatic carbocycles. The number of benzene rings is 1. The first-order valence-electron chi connectivity index (χ1n) is 11.2. The highest BCUT2D eigenvalue weighted by atomic mass is 32.1. The Labute approximate surface area is 209 Å². The molecule has 1 aromatic rings. The minimum atomic E-state index is -1.27. The molecule has 0 saturated heterocycles. The second kappa shape index (κ2) is 15.2. The van der Waals surface area contributed by atoms with Gasteiger partial charge >= 0.3 is 5.97 Å². The van der Waals surface area contributed by atoms with E-state index in [4.69, 9.17) is 11.5 Å². The van der Waals surface area contributed by atoms with Gasteiger partial charge in [-0.2, -0.15) is 12.6 Å². The average Bonchev–Trinajstić information content (AvgIpc) is 2.81. The van der Waals surface area contributed by atoms with Crippen molar-refractivity contribution in [3.8, 4) is 5.75 Å². The molecule has 10 N–H and O–H groups in total. The third kappa shape index (κ3) is 10.5. The van der Waals surface area contributed by atoms with E-state index in [1.807, 2.05) is 0 Å². The number of carboxylic acid groups (broad SMARTS) is 1. The third-order valence-corrected chi connectivity index (χ3v) is 5.57. The maximum Gasteiger partial charge on any atom is 0.326 e. The lowest BCUT2D eigenvalue weighted by molar-refractivity contribution is -0.142. The Balaban J connectivity index is 3.04. The quantitative estimate of drug-likeness (QED) is 0.0957. The number of nitrogens with one attached hydrogen (secondary N) is 3.